The molecule has 10 nitrogen and oxygen atoms in total. The normalized spacial score (nSPS) is 14.2. The van der Waals surface area contributed by atoms with Gasteiger partial charge in [0.2, 0.25) is 5.91 Å². The highest BCUT2D eigenvalue weighted by Gasteiger charge is 2.25. The van der Waals surface area contributed by atoms with Crippen LogP contribution in [0.4, 0.5) is 5.82 Å². The molecule has 2 aromatic heterocycles. The van der Waals surface area contributed by atoms with E-state index in [1.165, 1.54) is 6.33 Å². The SMILES string of the molecule is COc1ccc(CCNC(=O)C2CCN(c3ccc(-n4cncn4)nn3)CC2)cc1OC. The molecule has 1 fully saturated rings. The Hall–Kier alpha value is -3.69. The largest absolute Gasteiger partial charge is 0.493 e. The van der Waals surface area contributed by atoms with E-state index in [0.717, 1.165) is 43.7 Å². The molecule has 0 unspecified atom stereocenters. The fraction of sp³-hybridized carbons (Fsp3) is 0.409. The molecule has 4 rings (SSSR count). The highest BCUT2D eigenvalue weighted by atomic mass is 16.5. The maximum atomic E-state index is 12.6. The van der Waals surface area contributed by atoms with Crippen molar-refractivity contribution in [1.29, 1.82) is 0 Å². The first kappa shape index (κ1) is 21.5. The highest BCUT2D eigenvalue weighted by molar-refractivity contribution is 5.79. The van der Waals surface area contributed by atoms with E-state index >= 15 is 0 Å². The fourth-order valence-electron chi connectivity index (χ4n) is 3.82. The van der Waals surface area contributed by atoms with Crippen LogP contribution in [-0.4, -0.2) is 64.7 Å². The second kappa shape index (κ2) is 10.1. The molecule has 32 heavy (non-hydrogen) atoms. The Morgan fingerprint density at radius 3 is 2.47 bits per heavy atom. The van der Waals surface area contributed by atoms with Crippen LogP contribution in [0.3, 0.4) is 0 Å². The molecule has 3 aromatic rings. The van der Waals surface area contributed by atoms with E-state index < -0.39 is 0 Å². The Balaban J connectivity index is 1.23. The summed E-state index contributed by atoms with van der Waals surface area (Å²) in [5.74, 6) is 2.94. The smallest absolute Gasteiger partial charge is 0.223 e. The number of piperidine rings is 1. The van der Waals surface area contributed by atoms with Gasteiger partial charge in [-0.1, -0.05) is 6.07 Å². The molecule has 1 amide bonds. The Kier molecular flexibility index (Phi) is 6.78. The summed E-state index contributed by atoms with van der Waals surface area (Å²) in [5, 5.41) is 15.6. The summed E-state index contributed by atoms with van der Waals surface area (Å²) in [6.45, 7) is 2.12. The standard InChI is InChI=1S/C22H27N7O3/c1-31-18-4-3-16(13-19(18)32-2)7-10-24-22(30)17-8-11-28(12-9-17)20-5-6-21(27-26-20)29-15-23-14-25-29/h3-6,13-15,17H,7-12H2,1-2H3,(H,24,30). The second-order valence-electron chi connectivity index (χ2n) is 7.58. The maximum Gasteiger partial charge on any atom is 0.223 e. The highest BCUT2D eigenvalue weighted by Crippen LogP contribution is 2.27. The third kappa shape index (κ3) is 4.96. The summed E-state index contributed by atoms with van der Waals surface area (Å²) in [4.78, 5) is 18.7. The van der Waals surface area contributed by atoms with Crippen molar-refractivity contribution in [3.63, 3.8) is 0 Å². The Labute approximate surface area is 186 Å². The topological polar surface area (TPSA) is 107 Å². The zero-order valence-electron chi connectivity index (χ0n) is 18.3. The van der Waals surface area contributed by atoms with Crippen LogP contribution in [0.5, 0.6) is 11.5 Å². The minimum Gasteiger partial charge on any atom is -0.493 e. The lowest BCUT2D eigenvalue weighted by molar-refractivity contribution is -0.125. The number of benzene rings is 1. The van der Waals surface area contributed by atoms with E-state index in [1.807, 2.05) is 30.3 Å². The average molecular weight is 438 g/mol. The van der Waals surface area contributed by atoms with Crippen LogP contribution in [0.25, 0.3) is 5.82 Å². The molecular formula is C22H27N7O3. The molecule has 1 saturated heterocycles. The number of rotatable bonds is 8. The van der Waals surface area contributed by atoms with Crippen molar-refractivity contribution < 1.29 is 14.3 Å². The number of anilines is 1. The number of ether oxygens (including phenoxy) is 2. The van der Waals surface area contributed by atoms with Gasteiger partial charge in [0.15, 0.2) is 23.1 Å². The monoisotopic (exact) mass is 437 g/mol. The summed E-state index contributed by atoms with van der Waals surface area (Å²) in [6, 6.07) is 9.60. The third-order valence-electron chi connectivity index (χ3n) is 5.64. The number of hydrogen-bond donors (Lipinski definition) is 1. The summed E-state index contributed by atoms with van der Waals surface area (Å²) in [6.07, 6.45) is 5.35. The van der Waals surface area contributed by atoms with Gasteiger partial charge >= 0.3 is 0 Å². The van der Waals surface area contributed by atoms with Gasteiger partial charge in [0.1, 0.15) is 12.7 Å². The zero-order chi connectivity index (χ0) is 22.3. The predicted molar refractivity (Wildman–Crippen MR) is 118 cm³/mol. The van der Waals surface area contributed by atoms with E-state index in [2.05, 4.69) is 30.5 Å². The van der Waals surface area contributed by atoms with E-state index in [0.29, 0.717) is 23.9 Å². The lowest BCUT2D eigenvalue weighted by Crippen LogP contribution is -2.41. The van der Waals surface area contributed by atoms with Crippen molar-refractivity contribution in [3.8, 4) is 17.3 Å². The first-order valence-electron chi connectivity index (χ1n) is 10.6. The lowest BCUT2D eigenvalue weighted by Gasteiger charge is -2.31. The van der Waals surface area contributed by atoms with Crippen LogP contribution in [0.15, 0.2) is 43.0 Å². The summed E-state index contributed by atoms with van der Waals surface area (Å²) < 4.78 is 12.2. The molecule has 10 heteroatoms. The van der Waals surface area contributed by atoms with Gasteiger partial charge in [0, 0.05) is 25.6 Å². The number of methoxy groups -OCH3 is 2. The van der Waals surface area contributed by atoms with E-state index in [-0.39, 0.29) is 11.8 Å². The number of aromatic nitrogens is 5. The fourth-order valence-corrected chi connectivity index (χ4v) is 3.82. The molecule has 1 aromatic carbocycles. The van der Waals surface area contributed by atoms with Gasteiger partial charge in [0.05, 0.1) is 14.2 Å². The molecule has 0 spiro atoms. The van der Waals surface area contributed by atoms with Gasteiger partial charge in [-0.05, 0) is 49.1 Å². The molecule has 0 bridgehead atoms. The minimum absolute atomic E-state index is 0.0130. The van der Waals surface area contributed by atoms with Crippen LogP contribution >= 0.6 is 0 Å². The molecule has 3 heterocycles. The molecule has 1 aliphatic rings. The molecule has 0 radical (unpaired) electrons. The van der Waals surface area contributed by atoms with E-state index in [4.69, 9.17) is 9.47 Å². The number of nitrogens with one attached hydrogen (secondary N) is 1. The summed E-state index contributed by atoms with van der Waals surface area (Å²) in [7, 11) is 3.23. The molecular weight excluding hydrogens is 410 g/mol. The van der Waals surface area contributed by atoms with Crippen molar-refractivity contribution in [2.24, 2.45) is 5.92 Å². The molecule has 168 valence electrons. The van der Waals surface area contributed by atoms with Crippen molar-refractivity contribution in [1.82, 2.24) is 30.3 Å². The first-order valence-corrected chi connectivity index (χ1v) is 10.6. The van der Waals surface area contributed by atoms with E-state index in [9.17, 15) is 4.79 Å². The zero-order valence-corrected chi connectivity index (χ0v) is 18.3. The second-order valence-corrected chi connectivity index (χ2v) is 7.58. The summed E-state index contributed by atoms with van der Waals surface area (Å²) in [5.41, 5.74) is 1.09. The molecule has 0 saturated carbocycles. The van der Waals surface area contributed by atoms with Gasteiger partial charge < -0.3 is 19.7 Å². The van der Waals surface area contributed by atoms with Gasteiger partial charge in [0.25, 0.3) is 0 Å². The van der Waals surface area contributed by atoms with Gasteiger partial charge in [-0.25, -0.2) is 9.67 Å². The number of carbonyl (C=O) groups excluding carboxylic acids is 1. The van der Waals surface area contributed by atoms with Gasteiger partial charge in [-0.3, -0.25) is 4.79 Å². The van der Waals surface area contributed by atoms with Crippen LogP contribution in [-0.2, 0) is 11.2 Å². The van der Waals surface area contributed by atoms with Gasteiger partial charge in [-0.2, -0.15) is 5.10 Å². The Morgan fingerprint density at radius 2 is 1.81 bits per heavy atom. The lowest BCUT2D eigenvalue weighted by atomic mass is 9.96. The van der Waals surface area contributed by atoms with Crippen LogP contribution in [0, 0.1) is 5.92 Å². The van der Waals surface area contributed by atoms with Crippen molar-refractivity contribution >= 4 is 11.7 Å². The van der Waals surface area contributed by atoms with Crippen LogP contribution < -0.4 is 19.7 Å². The van der Waals surface area contributed by atoms with Crippen LogP contribution in [0.1, 0.15) is 18.4 Å². The van der Waals surface area contributed by atoms with Gasteiger partial charge in [-0.15, -0.1) is 10.2 Å². The van der Waals surface area contributed by atoms with Crippen molar-refractivity contribution in [2.75, 3.05) is 38.8 Å². The van der Waals surface area contributed by atoms with Crippen molar-refractivity contribution in [3.05, 3.63) is 48.5 Å². The first-order chi connectivity index (χ1) is 15.7. The van der Waals surface area contributed by atoms with Crippen LogP contribution in [0.2, 0.25) is 0 Å². The number of amides is 1. The predicted octanol–water partition coefficient (Wildman–Crippen LogP) is 1.65. The van der Waals surface area contributed by atoms with E-state index in [1.54, 1.807) is 25.2 Å². The Morgan fingerprint density at radius 1 is 1.06 bits per heavy atom. The molecule has 1 N–H and O–H groups in total. The van der Waals surface area contributed by atoms with Crippen molar-refractivity contribution in [2.45, 2.75) is 19.3 Å². The Bertz CT molecular complexity index is 1020. The third-order valence-corrected chi connectivity index (χ3v) is 5.64. The molecule has 0 atom stereocenters. The summed E-state index contributed by atoms with van der Waals surface area (Å²) >= 11 is 0. The molecule has 0 aliphatic carbocycles. The maximum absolute atomic E-state index is 12.6. The number of nitrogens with zero attached hydrogens (tertiary/aromatic N) is 6. The minimum atomic E-state index is 0.0130. The average Bonchev–Trinajstić information content (AvgIpc) is 3.39. The number of carbonyl (C=O) groups is 1. The number of hydrogen-bond acceptors (Lipinski definition) is 8. The quantitative estimate of drug-likeness (QED) is 0.567. The molecule has 1 aliphatic heterocycles.